The molecule has 2 N–H and O–H groups in total. The molecule has 0 fully saturated rings. The number of hydrogen-bond donors (Lipinski definition) is 1. The summed E-state index contributed by atoms with van der Waals surface area (Å²) in [6.07, 6.45) is 2.75. The predicted molar refractivity (Wildman–Crippen MR) is 150 cm³/mol. The minimum absolute atomic E-state index is 0.0167. The first-order valence-electron chi connectivity index (χ1n) is 12.6. The number of unbranched alkanes of at least 4 members (excludes halogenated alkanes) is 1. The number of rotatable bonds is 10. The van der Waals surface area contributed by atoms with Gasteiger partial charge >= 0.3 is 5.97 Å². The van der Waals surface area contributed by atoms with Crippen LogP contribution in [0.25, 0.3) is 0 Å². The van der Waals surface area contributed by atoms with Crippen molar-refractivity contribution in [1.82, 2.24) is 0 Å². The van der Waals surface area contributed by atoms with Crippen molar-refractivity contribution >= 4 is 29.2 Å². The second kappa shape index (κ2) is 12.8. The summed E-state index contributed by atoms with van der Waals surface area (Å²) in [6.45, 7) is 5.11. The fraction of sp³-hybridized carbons (Fsp3) is 0.267. The molecule has 0 bridgehead atoms. The Kier molecular flexibility index (Phi) is 9.23. The smallest absolute Gasteiger partial charge is 0.343 e. The highest BCUT2D eigenvalue weighted by Gasteiger charge is 2.31. The number of ether oxygens (including phenoxy) is 4. The molecular weight excluding hydrogens is 539 g/mol. The zero-order chi connectivity index (χ0) is 27.9. The maximum absolute atomic E-state index is 12.9. The quantitative estimate of drug-likeness (QED) is 0.155. The Bertz CT molecular complexity index is 1420. The molecule has 0 spiro atoms. The third-order valence-corrected chi connectivity index (χ3v) is 6.61. The molecule has 1 atom stereocenters. The lowest BCUT2D eigenvalue weighted by Gasteiger charge is -2.27. The van der Waals surface area contributed by atoms with Gasteiger partial charge in [-0.3, -0.25) is 0 Å². The van der Waals surface area contributed by atoms with Crippen LogP contribution in [0.5, 0.6) is 23.0 Å². The third kappa shape index (κ3) is 6.42. The van der Waals surface area contributed by atoms with E-state index in [0.717, 1.165) is 24.8 Å². The van der Waals surface area contributed by atoms with Crippen molar-refractivity contribution < 1.29 is 23.7 Å². The average Bonchev–Trinajstić information content (AvgIpc) is 2.92. The summed E-state index contributed by atoms with van der Waals surface area (Å²) in [6, 6.07) is 17.6. The number of carbonyl (C=O) groups excluding carboxylic acids is 1. The normalized spacial score (nSPS) is 14.2. The number of halogens is 2. The van der Waals surface area contributed by atoms with Crippen LogP contribution in [-0.4, -0.2) is 19.2 Å². The molecule has 0 aromatic heterocycles. The number of fused-ring (bicyclic) bond motifs is 1. The highest BCUT2D eigenvalue weighted by Crippen LogP contribution is 2.44. The Morgan fingerprint density at radius 2 is 1.77 bits per heavy atom. The number of carbonyl (C=O) groups is 1. The van der Waals surface area contributed by atoms with Crippen LogP contribution in [0.2, 0.25) is 10.0 Å². The fourth-order valence-corrected chi connectivity index (χ4v) is 4.74. The van der Waals surface area contributed by atoms with Crippen molar-refractivity contribution in [2.75, 3.05) is 13.2 Å². The lowest BCUT2D eigenvalue weighted by atomic mass is 9.83. The lowest BCUT2D eigenvalue weighted by molar-refractivity contribution is 0.0734. The third-order valence-electron chi connectivity index (χ3n) is 6.04. The molecule has 1 unspecified atom stereocenters. The summed E-state index contributed by atoms with van der Waals surface area (Å²) < 4.78 is 22.8. The van der Waals surface area contributed by atoms with E-state index in [2.05, 4.69) is 13.0 Å². The number of nitriles is 1. The summed E-state index contributed by atoms with van der Waals surface area (Å²) in [5.41, 5.74) is 8.13. The molecule has 0 radical (unpaired) electrons. The van der Waals surface area contributed by atoms with Gasteiger partial charge < -0.3 is 24.7 Å². The SMILES string of the molecule is CCCCOc1cccc(C2C(C#N)=C(N)Oc3cc(OC(=O)c4cc(Cl)c(OCCC)c(Cl)c4)ccc32)c1. The van der Waals surface area contributed by atoms with E-state index in [0.29, 0.717) is 36.0 Å². The van der Waals surface area contributed by atoms with Crippen LogP contribution in [0.15, 0.2) is 66.1 Å². The van der Waals surface area contributed by atoms with E-state index in [9.17, 15) is 10.1 Å². The summed E-state index contributed by atoms with van der Waals surface area (Å²) in [5, 5.41) is 10.3. The molecular formula is C30H28Cl2N2O5. The van der Waals surface area contributed by atoms with Crippen LogP contribution in [0.1, 0.15) is 60.5 Å². The molecule has 202 valence electrons. The van der Waals surface area contributed by atoms with Gasteiger partial charge in [0.25, 0.3) is 0 Å². The van der Waals surface area contributed by atoms with Crippen molar-refractivity contribution in [3.05, 3.63) is 92.8 Å². The van der Waals surface area contributed by atoms with Gasteiger partial charge in [0.2, 0.25) is 5.88 Å². The largest absolute Gasteiger partial charge is 0.494 e. The summed E-state index contributed by atoms with van der Waals surface area (Å²) in [5.74, 6) is 0.466. The molecule has 1 heterocycles. The lowest BCUT2D eigenvalue weighted by Crippen LogP contribution is -2.21. The first-order chi connectivity index (χ1) is 18.9. The van der Waals surface area contributed by atoms with Gasteiger partial charge in [-0.05, 0) is 48.7 Å². The van der Waals surface area contributed by atoms with E-state index < -0.39 is 11.9 Å². The maximum Gasteiger partial charge on any atom is 0.343 e. The first-order valence-corrected chi connectivity index (χ1v) is 13.4. The molecule has 9 heteroatoms. The molecule has 39 heavy (non-hydrogen) atoms. The van der Waals surface area contributed by atoms with Crippen LogP contribution < -0.4 is 24.7 Å². The Labute approximate surface area is 237 Å². The second-order valence-electron chi connectivity index (χ2n) is 8.91. The maximum atomic E-state index is 12.9. The standard InChI is InChI=1S/C30H28Cl2N2O5/c1-3-5-12-36-20-8-6-7-18(13-20)27-22-10-9-21(16-26(22)39-29(34)23(27)17-33)38-30(35)19-14-24(31)28(25(32)15-19)37-11-4-2/h6-10,13-16,27H,3-5,11-12,34H2,1-2H3. The zero-order valence-corrected chi connectivity index (χ0v) is 23.1. The van der Waals surface area contributed by atoms with E-state index in [1.54, 1.807) is 18.2 Å². The molecule has 3 aromatic rings. The summed E-state index contributed by atoms with van der Waals surface area (Å²) in [7, 11) is 0. The fourth-order valence-electron chi connectivity index (χ4n) is 4.15. The highest BCUT2D eigenvalue weighted by atomic mass is 35.5. The molecule has 1 aliphatic heterocycles. The second-order valence-corrected chi connectivity index (χ2v) is 9.72. The summed E-state index contributed by atoms with van der Waals surface area (Å²) >= 11 is 12.6. The van der Waals surface area contributed by atoms with Gasteiger partial charge in [-0.1, -0.05) is 61.7 Å². The molecule has 0 amide bonds. The number of nitrogens with zero attached hydrogens (tertiary/aromatic N) is 1. The van der Waals surface area contributed by atoms with Gasteiger partial charge in [-0.25, -0.2) is 4.79 Å². The van der Waals surface area contributed by atoms with Gasteiger partial charge in [-0.2, -0.15) is 5.26 Å². The monoisotopic (exact) mass is 566 g/mol. The van der Waals surface area contributed by atoms with Crippen molar-refractivity contribution in [2.24, 2.45) is 5.73 Å². The van der Waals surface area contributed by atoms with Gasteiger partial charge in [0, 0.05) is 11.6 Å². The van der Waals surface area contributed by atoms with Crippen molar-refractivity contribution in [3.63, 3.8) is 0 Å². The van der Waals surface area contributed by atoms with E-state index in [4.69, 9.17) is 47.9 Å². The van der Waals surface area contributed by atoms with Gasteiger partial charge in [-0.15, -0.1) is 0 Å². The van der Waals surface area contributed by atoms with E-state index in [1.807, 2.05) is 31.2 Å². The van der Waals surface area contributed by atoms with E-state index >= 15 is 0 Å². The Morgan fingerprint density at radius 3 is 2.46 bits per heavy atom. The molecule has 7 nitrogen and oxygen atoms in total. The summed E-state index contributed by atoms with van der Waals surface area (Å²) in [4.78, 5) is 12.9. The Hall–Kier alpha value is -3.86. The number of nitrogens with two attached hydrogens (primary N) is 1. The van der Waals surface area contributed by atoms with E-state index in [1.165, 1.54) is 12.1 Å². The molecule has 1 aliphatic rings. The van der Waals surface area contributed by atoms with Crippen molar-refractivity contribution in [1.29, 1.82) is 5.26 Å². The predicted octanol–water partition coefficient (Wildman–Crippen LogP) is 7.40. The molecule has 0 saturated carbocycles. The minimum Gasteiger partial charge on any atom is -0.494 e. The number of allylic oxidation sites excluding steroid dienone is 1. The number of esters is 1. The van der Waals surface area contributed by atoms with Crippen LogP contribution in [0.3, 0.4) is 0 Å². The zero-order valence-electron chi connectivity index (χ0n) is 21.6. The molecule has 3 aromatic carbocycles. The highest BCUT2D eigenvalue weighted by molar-refractivity contribution is 6.37. The van der Waals surface area contributed by atoms with Crippen LogP contribution in [0, 0.1) is 11.3 Å². The van der Waals surface area contributed by atoms with Gasteiger partial charge in [0.1, 0.15) is 28.9 Å². The molecule has 0 aliphatic carbocycles. The average molecular weight is 567 g/mol. The number of hydrogen-bond acceptors (Lipinski definition) is 7. The Balaban J connectivity index is 1.60. The van der Waals surface area contributed by atoms with Gasteiger partial charge in [0.05, 0.1) is 34.7 Å². The van der Waals surface area contributed by atoms with Crippen LogP contribution in [0.4, 0.5) is 0 Å². The van der Waals surface area contributed by atoms with E-state index in [-0.39, 0.29) is 32.8 Å². The number of benzene rings is 3. The van der Waals surface area contributed by atoms with Crippen LogP contribution in [-0.2, 0) is 0 Å². The van der Waals surface area contributed by atoms with Crippen molar-refractivity contribution in [2.45, 2.75) is 39.0 Å². The molecule has 0 saturated heterocycles. The first kappa shape index (κ1) is 28.2. The Morgan fingerprint density at radius 1 is 1.00 bits per heavy atom. The minimum atomic E-state index is -0.661. The van der Waals surface area contributed by atoms with Crippen molar-refractivity contribution in [3.8, 4) is 29.1 Å². The molecule has 4 rings (SSSR count). The topological polar surface area (TPSA) is 104 Å². The van der Waals surface area contributed by atoms with Gasteiger partial charge in [0.15, 0.2) is 5.75 Å². The van der Waals surface area contributed by atoms with Crippen LogP contribution >= 0.6 is 23.2 Å².